The van der Waals surface area contributed by atoms with E-state index in [0.717, 1.165) is 47.5 Å². The van der Waals surface area contributed by atoms with Crippen molar-refractivity contribution in [2.45, 2.75) is 19.0 Å². The molecule has 34 heavy (non-hydrogen) atoms. The van der Waals surface area contributed by atoms with Gasteiger partial charge in [0.15, 0.2) is 11.5 Å². The Labute approximate surface area is 196 Å². The second-order valence-electron chi connectivity index (χ2n) is 8.63. The Morgan fingerprint density at radius 1 is 1.03 bits per heavy atom. The largest absolute Gasteiger partial charge is 0.366 e. The highest BCUT2D eigenvalue weighted by atomic mass is 15.5. The van der Waals surface area contributed by atoms with E-state index in [2.05, 4.69) is 60.0 Å². The first-order chi connectivity index (χ1) is 16.7. The monoisotopic (exact) mass is 452 g/mol. The van der Waals surface area contributed by atoms with Crippen molar-refractivity contribution in [3.8, 4) is 0 Å². The van der Waals surface area contributed by atoms with Crippen molar-refractivity contribution < 1.29 is 0 Å². The molecule has 0 aliphatic carbocycles. The zero-order valence-corrected chi connectivity index (χ0v) is 18.8. The lowest BCUT2D eigenvalue weighted by molar-refractivity contribution is 0.414. The number of hydrogen-bond acceptors (Lipinski definition) is 9. The van der Waals surface area contributed by atoms with Gasteiger partial charge in [-0.1, -0.05) is 17.3 Å². The molecule has 6 rings (SSSR count). The van der Waals surface area contributed by atoms with E-state index in [4.69, 9.17) is 4.98 Å². The predicted molar refractivity (Wildman–Crippen MR) is 131 cm³/mol. The highest BCUT2D eigenvalue weighted by Crippen LogP contribution is 2.21. The first-order valence-electron chi connectivity index (χ1n) is 11.3. The molecular formula is C24H24N10. The number of likely N-dealkylation sites (N-methyl/N-ethyl adjacent to an activating group) is 1. The summed E-state index contributed by atoms with van der Waals surface area (Å²) in [6.45, 7) is 2.66. The summed E-state index contributed by atoms with van der Waals surface area (Å²) in [5.41, 5.74) is 4.08. The number of likely N-dealkylation sites (tertiary alicyclic amines) is 1. The molecule has 4 aromatic heterocycles. The highest BCUT2D eigenvalue weighted by molar-refractivity contribution is 5.79. The maximum absolute atomic E-state index is 4.74. The molecule has 0 bridgehead atoms. The van der Waals surface area contributed by atoms with Crippen LogP contribution >= 0.6 is 0 Å². The summed E-state index contributed by atoms with van der Waals surface area (Å²) < 4.78 is 1.77. The second kappa shape index (κ2) is 8.64. The van der Waals surface area contributed by atoms with Crippen LogP contribution in [0.2, 0.25) is 0 Å². The molecule has 170 valence electrons. The van der Waals surface area contributed by atoms with Crippen molar-refractivity contribution in [3.63, 3.8) is 0 Å². The summed E-state index contributed by atoms with van der Waals surface area (Å²) in [6.07, 6.45) is 6.37. The third-order valence-electron chi connectivity index (χ3n) is 6.00. The van der Waals surface area contributed by atoms with Gasteiger partial charge in [-0.2, -0.15) is 0 Å². The first-order valence-corrected chi connectivity index (χ1v) is 11.3. The normalized spacial score (nSPS) is 16.3. The van der Waals surface area contributed by atoms with Crippen molar-refractivity contribution in [1.29, 1.82) is 0 Å². The minimum absolute atomic E-state index is 0.412. The lowest BCUT2D eigenvalue weighted by Gasteiger charge is -2.14. The molecule has 2 N–H and O–H groups in total. The fourth-order valence-corrected chi connectivity index (χ4v) is 4.32. The van der Waals surface area contributed by atoms with E-state index in [-0.39, 0.29) is 0 Å². The Kier molecular flexibility index (Phi) is 5.19. The average molecular weight is 453 g/mol. The van der Waals surface area contributed by atoms with Crippen LogP contribution in [0.1, 0.15) is 12.0 Å². The number of hydrogen-bond donors (Lipinski definition) is 2. The van der Waals surface area contributed by atoms with E-state index < -0.39 is 0 Å². The van der Waals surface area contributed by atoms with E-state index in [1.165, 1.54) is 0 Å². The summed E-state index contributed by atoms with van der Waals surface area (Å²) in [4.78, 5) is 20.3. The number of anilines is 3. The Balaban J connectivity index is 1.22. The van der Waals surface area contributed by atoms with Crippen LogP contribution in [-0.2, 0) is 6.54 Å². The van der Waals surface area contributed by atoms with Gasteiger partial charge in [0.2, 0.25) is 5.65 Å². The van der Waals surface area contributed by atoms with Crippen molar-refractivity contribution in [2.75, 3.05) is 30.8 Å². The molecule has 0 saturated carbocycles. The Morgan fingerprint density at radius 3 is 2.91 bits per heavy atom. The van der Waals surface area contributed by atoms with Gasteiger partial charge in [0, 0.05) is 42.1 Å². The molecule has 1 saturated heterocycles. The minimum Gasteiger partial charge on any atom is -0.366 e. The van der Waals surface area contributed by atoms with Crippen molar-refractivity contribution >= 4 is 39.5 Å². The number of pyridine rings is 2. The molecule has 0 unspecified atom stereocenters. The number of nitrogens with zero attached hydrogens (tertiary/aromatic N) is 8. The third-order valence-corrected chi connectivity index (χ3v) is 6.00. The maximum atomic E-state index is 4.74. The van der Waals surface area contributed by atoms with Gasteiger partial charge in [-0.05, 0) is 49.8 Å². The van der Waals surface area contributed by atoms with Gasteiger partial charge in [0.25, 0.3) is 0 Å². The smallest absolute Gasteiger partial charge is 0.221 e. The first kappa shape index (κ1) is 20.4. The van der Waals surface area contributed by atoms with Crippen LogP contribution in [0.15, 0.2) is 61.1 Å². The van der Waals surface area contributed by atoms with Crippen molar-refractivity contribution in [3.05, 3.63) is 66.6 Å². The lowest BCUT2D eigenvalue weighted by atomic mass is 10.1. The van der Waals surface area contributed by atoms with Gasteiger partial charge in [0.05, 0.1) is 18.3 Å². The molecule has 5 heterocycles. The van der Waals surface area contributed by atoms with Crippen LogP contribution in [0, 0.1) is 0 Å². The molecule has 0 spiro atoms. The maximum Gasteiger partial charge on any atom is 0.221 e. The Morgan fingerprint density at radius 2 is 2.00 bits per heavy atom. The van der Waals surface area contributed by atoms with E-state index >= 15 is 0 Å². The zero-order valence-electron chi connectivity index (χ0n) is 18.8. The number of fused-ring (bicyclic) bond motifs is 2. The molecule has 0 amide bonds. The average Bonchev–Trinajstić information content (AvgIpc) is 3.44. The number of rotatable bonds is 6. The third kappa shape index (κ3) is 4.23. The van der Waals surface area contributed by atoms with E-state index in [1.807, 2.05) is 30.3 Å². The topological polar surface area (TPSA) is 110 Å². The summed E-state index contributed by atoms with van der Waals surface area (Å²) in [5, 5.41) is 16.4. The van der Waals surface area contributed by atoms with Crippen LogP contribution in [0.4, 0.5) is 17.3 Å². The fourth-order valence-electron chi connectivity index (χ4n) is 4.32. The Bertz CT molecular complexity index is 1460. The molecule has 1 atom stereocenters. The van der Waals surface area contributed by atoms with Crippen molar-refractivity contribution in [2.24, 2.45) is 0 Å². The standard InChI is InChI=1S/C24H24N10/c1-33-10-7-19(15-33)29-21-12-18(6-9-26-21)28-22-13-27-23-24(30-22)34(32-31-23)14-16-4-5-20-17(11-16)3-2-8-25-20/h2-6,8-9,11-13,19H,7,10,14-15H2,1H3,(H2,26,28,29,30)/t19-/m0/s1. The molecule has 1 aliphatic rings. The summed E-state index contributed by atoms with van der Waals surface area (Å²) >= 11 is 0. The summed E-state index contributed by atoms with van der Waals surface area (Å²) in [5.74, 6) is 1.47. The van der Waals surface area contributed by atoms with Crippen LogP contribution in [0.25, 0.3) is 22.2 Å². The SMILES string of the molecule is CN1CC[C@H](Nc2cc(Nc3cnc4nnn(Cc5ccc6ncccc6c5)c4n3)ccn2)C1. The van der Waals surface area contributed by atoms with Crippen molar-refractivity contribution in [1.82, 2.24) is 39.8 Å². The quantitative estimate of drug-likeness (QED) is 0.402. The minimum atomic E-state index is 0.412. The van der Waals surface area contributed by atoms with Gasteiger partial charge < -0.3 is 15.5 Å². The summed E-state index contributed by atoms with van der Waals surface area (Å²) in [7, 11) is 2.14. The second-order valence-corrected chi connectivity index (χ2v) is 8.63. The van der Waals surface area contributed by atoms with Crippen LogP contribution in [0.5, 0.6) is 0 Å². The van der Waals surface area contributed by atoms with Gasteiger partial charge in [0.1, 0.15) is 5.82 Å². The summed E-state index contributed by atoms with van der Waals surface area (Å²) in [6, 6.07) is 14.5. The Hall–Kier alpha value is -4.18. The fraction of sp³-hybridized carbons (Fsp3) is 0.250. The van der Waals surface area contributed by atoms with Gasteiger partial charge in [-0.25, -0.2) is 19.6 Å². The lowest BCUT2D eigenvalue weighted by Crippen LogP contribution is -2.23. The molecule has 1 aromatic carbocycles. The number of aromatic nitrogens is 7. The van der Waals surface area contributed by atoms with Crippen LogP contribution < -0.4 is 10.6 Å². The molecule has 10 nitrogen and oxygen atoms in total. The number of benzene rings is 1. The predicted octanol–water partition coefficient (Wildman–Crippen LogP) is 3.07. The van der Waals surface area contributed by atoms with Crippen LogP contribution in [-0.4, -0.2) is 66.0 Å². The highest BCUT2D eigenvalue weighted by Gasteiger charge is 2.19. The van der Waals surface area contributed by atoms with E-state index in [1.54, 1.807) is 23.3 Å². The van der Waals surface area contributed by atoms with E-state index in [9.17, 15) is 0 Å². The number of nitrogens with one attached hydrogen (secondary N) is 2. The zero-order chi connectivity index (χ0) is 22.9. The van der Waals surface area contributed by atoms with E-state index in [0.29, 0.717) is 29.7 Å². The van der Waals surface area contributed by atoms with Gasteiger partial charge in [-0.15, -0.1) is 5.10 Å². The molecule has 0 radical (unpaired) electrons. The van der Waals surface area contributed by atoms with Gasteiger partial charge >= 0.3 is 0 Å². The molecule has 5 aromatic rings. The molecule has 1 fully saturated rings. The van der Waals surface area contributed by atoms with Crippen LogP contribution in [0.3, 0.4) is 0 Å². The molecule has 1 aliphatic heterocycles. The molecule has 10 heteroatoms. The molecular weight excluding hydrogens is 428 g/mol. The van der Waals surface area contributed by atoms with Gasteiger partial charge in [-0.3, -0.25) is 4.98 Å².